The second-order valence-electron chi connectivity index (χ2n) is 9.70. The summed E-state index contributed by atoms with van der Waals surface area (Å²) in [6.07, 6.45) is 0. The molecule has 3 aromatic carbocycles. The Morgan fingerprint density at radius 3 is 2.41 bits per heavy atom. The smallest absolute Gasteiger partial charge is 0.196 e. The van der Waals surface area contributed by atoms with E-state index in [-0.39, 0.29) is 23.6 Å². The van der Waals surface area contributed by atoms with Crippen molar-refractivity contribution in [1.82, 2.24) is 14.8 Å². The number of ether oxygens (including phenoxy) is 3. The van der Waals surface area contributed by atoms with E-state index in [2.05, 4.69) is 43.1 Å². The molecule has 0 radical (unpaired) electrons. The number of hydrogen-bond acceptors (Lipinski definition) is 7. The molecule has 5 rings (SSSR count). The summed E-state index contributed by atoms with van der Waals surface area (Å²) in [5, 5.41) is 9.40. The van der Waals surface area contributed by atoms with Gasteiger partial charge in [0.15, 0.2) is 28.3 Å². The van der Waals surface area contributed by atoms with E-state index < -0.39 is 0 Å². The van der Waals surface area contributed by atoms with Gasteiger partial charge in [-0.2, -0.15) is 0 Å². The van der Waals surface area contributed by atoms with E-state index in [0.29, 0.717) is 41.3 Å². The molecule has 2 heterocycles. The van der Waals surface area contributed by atoms with Gasteiger partial charge in [-0.05, 0) is 53.4 Å². The zero-order chi connectivity index (χ0) is 25.8. The minimum Gasteiger partial charge on any atom is -0.486 e. The third kappa shape index (κ3) is 5.80. The van der Waals surface area contributed by atoms with Crippen molar-refractivity contribution < 1.29 is 19.0 Å². The second-order valence-corrected chi connectivity index (χ2v) is 10.6. The molecule has 0 saturated carbocycles. The Morgan fingerprint density at radius 1 is 0.946 bits per heavy atom. The van der Waals surface area contributed by atoms with Crippen LogP contribution in [-0.2, 0) is 12.0 Å². The number of carbonyl (C=O) groups is 1. The normalized spacial score (nSPS) is 12.8. The summed E-state index contributed by atoms with van der Waals surface area (Å²) in [6, 6.07) is 23.3. The lowest BCUT2D eigenvalue weighted by Gasteiger charge is -2.19. The summed E-state index contributed by atoms with van der Waals surface area (Å²) >= 11 is 1.34. The first-order valence-electron chi connectivity index (χ1n) is 12.2. The minimum absolute atomic E-state index is 0.0266. The Morgan fingerprint density at radius 2 is 1.68 bits per heavy atom. The average molecular weight is 516 g/mol. The first kappa shape index (κ1) is 24.9. The van der Waals surface area contributed by atoms with Crippen LogP contribution in [0.5, 0.6) is 17.2 Å². The lowest BCUT2D eigenvalue weighted by Crippen LogP contribution is -2.16. The first-order chi connectivity index (χ1) is 17.9. The van der Waals surface area contributed by atoms with Crippen LogP contribution in [0.4, 0.5) is 0 Å². The van der Waals surface area contributed by atoms with Gasteiger partial charge in [-0.1, -0.05) is 62.9 Å². The third-order valence-corrected chi connectivity index (χ3v) is 6.93. The quantitative estimate of drug-likeness (QED) is 0.214. The van der Waals surface area contributed by atoms with Gasteiger partial charge in [0, 0.05) is 11.3 Å². The molecule has 0 atom stereocenters. The van der Waals surface area contributed by atoms with E-state index in [9.17, 15) is 4.79 Å². The van der Waals surface area contributed by atoms with Gasteiger partial charge in [0.05, 0.1) is 5.75 Å². The number of fused-ring (bicyclic) bond motifs is 1. The number of carbonyl (C=O) groups excluding carboxylic acids is 1. The molecule has 0 unspecified atom stereocenters. The number of aromatic nitrogens is 3. The first-order valence-corrected chi connectivity index (χ1v) is 13.2. The lowest BCUT2D eigenvalue weighted by atomic mass is 9.87. The summed E-state index contributed by atoms with van der Waals surface area (Å²) < 4.78 is 19.2. The van der Waals surface area contributed by atoms with Crippen molar-refractivity contribution in [3.63, 3.8) is 0 Å². The van der Waals surface area contributed by atoms with Crippen LogP contribution in [0.1, 0.15) is 42.5 Å². The largest absolute Gasteiger partial charge is 0.486 e. The SMILES string of the molecule is CC(C)(C)c1ccc(OCc2nnc(SCC(=O)c3ccc4c(c3)OCCO4)n2-c2ccccc2)cc1. The minimum atomic E-state index is -0.0266. The topological polar surface area (TPSA) is 75.5 Å². The van der Waals surface area contributed by atoms with Crippen LogP contribution < -0.4 is 14.2 Å². The highest BCUT2D eigenvalue weighted by molar-refractivity contribution is 7.99. The van der Waals surface area contributed by atoms with Gasteiger partial charge < -0.3 is 14.2 Å². The van der Waals surface area contributed by atoms with Crippen molar-refractivity contribution >= 4 is 17.5 Å². The van der Waals surface area contributed by atoms with Crippen LogP contribution in [0.3, 0.4) is 0 Å². The van der Waals surface area contributed by atoms with Gasteiger partial charge in [-0.15, -0.1) is 10.2 Å². The van der Waals surface area contributed by atoms with Crippen LogP contribution in [-0.4, -0.2) is 39.5 Å². The molecule has 0 saturated heterocycles. The van der Waals surface area contributed by atoms with Gasteiger partial charge >= 0.3 is 0 Å². The molecule has 0 N–H and O–H groups in total. The Hall–Kier alpha value is -3.78. The summed E-state index contributed by atoms with van der Waals surface area (Å²) in [5.41, 5.74) is 2.80. The maximum absolute atomic E-state index is 13.0. The maximum Gasteiger partial charge on any atom is 0.196 e. The Bertz CT molecular complexity index is 1380. The van der Waals surface area contributed by atoms with Crippen molar-refractivity contribution in [2.45, 2.75) is 37.9 Å². The number of para-hydroxylation sites is 1. The molecule has 1 aromatic heterocycles. The van der Waals surface area contributed by atoms with Gasteiger partial charge in [-0.3, -0.25) is 9.36 Å². The number of thioether (sulfide) groups is 1. The number of nitrogens with zero attached hydrogens (tertiary/aromatic N) is 3. The summed E-state index contributed by atoms with van der Waals surface area (Å²) in [6.45, 7) is 7.78. The summed E-state index contributed by atoms with van der Waals surface area (Å²) in [4.78, 5) is 13.0. The monoisotopic (exact) mass is 515 g/mol. The molecule has 0 aliphatic carbocycles. The number of hydrogen-bond donors (Lipinski definition) is 0. The van der Waals surface area contributed by atoms with Crippen LogP contribution >= 0.6 is 11.8 Å². The molecular formula is C29H29N3O4S. The highest BCUT2D eigenvalue weighted by Gasteiger charge is 2.19. The standard InChI is InChI=1S/C29H29N3O4S/c1-29(2,3)21-10-12-23(13-11-21)36-18-27-30-31-28(32(27)22-7-5-4-6-8-22)37-19-24(33)20-9-14-25-26(17-20)35-16-15-34-25/h4-14,17H,15-16,18-19H2,1-3H3. The van der Waals surface area contributed by atoms with Crippen molar-refractivity contribution in [3.8, 4) is 22.9 Å². The number of ketones is 1. The van der Waals surface area contributed by atoms with E-state index in [1.165, 1.54) is 17.3 Å². The number of Topliss-reactive ketones (excluding diaryl/α,β-unsaturated/α-hetero) is 1. The summed E-state index contributed by atoms with van der Waals surface area (Å²) in [7, 11) is 0. The van der Waals surface area contributed by atoms with Gasteiger partial charge in [0.1, 0.15) is 25.6 Å². The van der Waals surface area contributed by atoms with Crippen LogP contribution in [0.25, 0.3) is 5.69 Å². The molecule has 1 aliphatic rings. The molecule has 7 nitrogen and oxygen atoms in total. The van der Waals surface area contributed by atoms with E-state index in [1.54, 1.807) is 18.2 Å². The van der Waals surface area contributed by atoms with E-state index in [1.807, 2.05) is 47.0 Å². The molecule has 8 heteroatoms. The van der Waals surface area contributed by atoms with Crippen LogP contribution in [0, 0.1) is 0 Å². The Kier molecular flexibility index (Phi) is 7.19. The molecule has 4 aromatic rings. The second kappa shape index (κ2) is 10.7. The maximum atomic E-state index is 13.0. The fraction of sp³-hybridized carbons (Fsp3) is 0.276. The Balaban J connectivity index is 1.32. The molecule has 0 spiro atoms. The zero-order valence-electron chi connectivity index (χ0n) is 21.1. The van der Waals surface area contributed by atoms with E-state index >= 15 is 0 Å². The Labute approximate surface area is 220 Å². The predicted octanol–water partition coefficient (Wildman–Crippen LogP) is 5.89. The highest BCUT2D eigenvalue weighted by atomic mass is 32.2. The van der Waals surface area contributed by atoms with Crippen molar-refractivity contribution in [1.29, 1.82) is 0 Å². The van der Waals surface area contributed by atoms with Gasteiger partial charge in [0.25, 0.3) is 0 Å². The van der Waals surface area contributed by atoms with Gasteiger partial charge in [0.2, 0.25) is 0 Å². The van der Waals surface area contributed by atoms with E-state index in [4.69, 9.17) is 14.2 Å². The molecule has 0 fully saturated rings. The molecule has 190 valence electrons. The molecule has 0 bridgehead atoms. The fourth-order valence-electron chi connectivity index (χ4n) is 3.95. The van der Waals surface area contributed by atoms with Crippen molar-refractivity contribution in [2.24, 2.45) is 0 Å². The van der Waals surface area contributed by atoms with Gasteiger partial charge in [-0.25, -0.2) is 0 Å². The third-order valence-electron chi connectivity index (χ3n) is 6.00. The summed E-state index contributed by atoms with van der Waals surface area (Å²) in [5.74, 6) is 2.86. The van der Waals surface area contributed by atoms with Crippen LogP contribution in [0.15, 0.2) is 78.0 Å². The zero-order valence-corrected chi connectivity index (χ0v) is 22.0. The molecule has 0 amide bonds. The number of rotatable bonds is 8. The highest BCUT2D eigenvalue weighted by Crippen LogP contribution is 2.32. The van der Waals surface area contributed by atoms with Crippen molar-refractivity contribution in [3.05, 3.63) is 89.7 Å². The van der Waals surface area contributed by atoms with Crippen LogP contribution in [0.2, 0.25) is 0 Å². The fourth-order valence-corrected chi connectivity index (χ4v) is 4.82. The molecular weight excluding hydrogens is 486 g/mol. The average Bonchev–Trinajstić information content (AvgIpc) is 3.33. The predicted molar refractivity (Wildman–Crippen MR) is 143 cm³/mol. The van der Waals surface area contributed by atoms with E-state index in [0.717, 1.165) is 11.4 Å². The molecule has 1 aliphatic heterocycles. The van der Waals surface area contributed by atoms with Crippen molar-refractivity contribution in [2.75, 3.05) is 19.0 Å². The number of benzene rings is 3. The molecule has 37 heavy (non-hydrogen) atoms. The lowest BCUT2D eigenvalue weighted by molar-refractivity contribution is 0.102.